The van der Waals surface area contributed by atoms with Crippen LogP contribution in [0.25, 0.3) is 0 Å². The molecule has 2 N–H and O–H groups in total. The molecule has 5 nitrogen and oxygen atoms in total. The zero-order valence-electron chi connectivity index (χ0n) is 13.0. The molecule has 22 heavy (non-hydrogen) atoms. The van der Waals surface area contributed by atoms with E-state index in [1.54, 1.807) is 36.1 Å². The summed E-state index contributed by atoms with van der Waals surface area (Å²) < 4.78 is 1.69. The average molecular weight is 298 g/mol. The number of pyridine rings is 1. The van der Waals surface area contributed by atoms with Crippen LogP contribution in [0.2, 0.25) is 0 Å². The molecule has 0 atom stereocenters. The van der Waals surface area contributed by atoms with Crippen molar-refractivity contribution in [1.29, 1.82) is 0 Å². The van der Waals surface area contributed by atoms with Gasteiger partial charge in [-0.05, 0) is 31.0 Å². The minimum Gasteiger partial charge on any atom is -0.355 e. The van der Waals surface area contributed by atoms with Crippen molar-refractivity contribution in [3.05, 3.63) is 59.4 Å². The number of carbonyl (C=O) groups excluding carboxylic acids is 2. The summed E-state index contributed by atoms with van der Waals surface area (Å²) >= 11 is 0. The Balaban J connectivity index is 2.11. The van der Waals surface area contributed by atoms with Crippen LogP contribution in [0.1, 0.15) is 21.5 Å². The predicted octanol–water partition coefficient (Wildman–Crippen LogP) is 1.59. The van der Waals surface area contributed by atoms with E-state index in [0.29, 0.717) is 5.56 Å². The molecule has 0 saturated carbocycles. The number of aryl methyl sites for hydroxylation is 2. The zero-order valence-corrected chi connectivity index (χ0v) is 13.0. The second-order valence-electron chi connectivity index (χ2n) is 5.16. The molecule has 0 spiro atoms. The van der Waals surface area contributed by atoms with Crippen LogP contribution in [0.15, 0.2) is 42.7 Å². The topological polar surface area (TPSA) is 62.1 Å². The Labute approximate surface area is 130 Å². The van der Waals surface area contributed by atoms with Gasteiger partial charge in [0.05, 0.1) is 0 Å². The highest BCUT2D eigenvalue weighted by molar-refractivity contribution is 5.93. The molecule has 0 fully saturated rings. The third-order valence-electron chi connectivity index (χ3n) is 3.42. The van der Waals surface area contributed by atoms with Gasteiger partial charge in [-0.25, -0.2) is 0 Å². The third-order valence-corrected chi connectivity index (χ3v) is 3.42. The number of rotatable bonds is 4. The summed E-state index contributed by atoms with van der Waals surface area (Å²) in [6.45, 7) is 4.07. The Kier molecular flexibility index (Phi) is 4.88. The van der Waals surface area contributed by atoms with Crippen LogP contribution in [0.4, 0.5) is 5.69 Å². The number of nitrogens with one attached hydrogen (secondary N) is 2. The number of nitrogens with zero attached hydrogens (tertiary/aromatic N) is 1. The van der Waals surface area contributed by atoms with Gasteiger partial charge in [0.2, 0.25) is 6.54 Å². The van der Waals surface area contributed by atoms with E-state index in [9.17, 15) is 9.59 Å². The zero-order chi connectivity index (χ0) is 16.1. The molecule has 0 unspecified atom stereocenters. The van der Waals surface area contributed by atoms with Crippen molar-refractivity contribution in [2.24, 2.45) is 0 Å². The number of amides is 2. The molecular formula is C17H20N3O2+. The molecule has 1 heterocycles. The van der Waals surface area contributed by atoms with Gasteiger partial charge in [-0.15, -0.1) is 0 Å². The first-order valence-corrected chi connectivity index (χ1v) is 7.08. The molecule has 0 aliphatic rings. The monoisotopic (exact) mass is 298 g/mol. The SMILES string of the molecule is CNC(=O)c1ccc[n+](CC(=O)Nc2c(C)cccc2C)c1. The number of hydrogen-bond acceptors (Lipinski definition) is 2. The van der Waals surface area contributed by atoms with Gasteiger partial charge in [0, 0.05) is 18.8 Å². The molecule has 0 saturated heterocycles. The Morgan fingerprint density at radius 1 is 1.09 bits per heavy atom. The van der Waals surface area contributed by atoms with Gasteiger partial charge in [0.25, 0.3) is 11.8 Å². The van der Waals surface area contributed by atoms with Crippen LogP contribution >= 0.6 is 0 Å². The van der Waals surface area contributed by atoms with Gasteiger partial charge in [0.1, 0.15) is 5.56 Å². The fourth-order valence-electron chi connectivity index (χ4n) is 2.26. The van der Waals surface area contributed by atoms with Crippen molar-refractivity contribution in [1.82, 2.24) is 5.32 Å². The third kappa shape index (κ3) is 3.69. The Bertz CT molecular complexity index is 691. The average Bonchev–Trinajstić information content (AvgIpc) is 2.50. The fraction of sp³-hybridized carbons (Fsp3) is 0.235. The van der Waals surface area contributed by atoms with Crippen molar-refractivity contribution in [2.75, 3.05) is 12.4 Å². The number of carbonyl (C=O) groups is 2. The molecule has 0 aliphatic heterocycles. The molecule has 0 radical (unpaired) electrons. The Morgan fingerprint density at radius 3 is 2.41 bits per heavy atom. The largest absolute Gasteiger partial charge is 0.355 e. The van der Waals surface area contributed by atoms with Crippen LogP contribution in [-0.4, -0.2) is 18.9 Å². The molecule has 2 amide bonds. The molecular weight excluding hydrogens is 278 g/mol. The maximum Gasteiger partial charge on any atom is 0.290 e. The van der Waals surface area contributed by atoms with Crippen molar-refractivity contribution in [3.63, 3.8) is 0 Å². The van der Waals surface area contributed by atoms with E-state index in [1.807, 2.05) is 32.0 Å². The standard InChI is InChI=1S/C17H19N3O2/c1-12-6-4-7-13(2)16(12)19-15(21)11-20-9-5-8-14(10-20)17(22)18-3/h4-10H,11H2,1-3H3,(H-,18,19,21,22)/p+1. The lowest BCUT2D eigenvalue weighted by Crippen LogP contribution is -2.41. The fourth-order valence-corrected chi connectivity index (χ4v) is 2.26. The van der Waals surface area contributed by atoms with Gasteiger partial charge in [-0.3, -0.25) is 9.59 Å². The number of anilines is 1. The summed E-state index contributed by atoms with van der Waals surface area (Å²) in [7, 11) is 1.58. The van der Waals surface area contributed by atoms with Gasteiger partial charge in [0.15, 0.2) is 12.4 Å². The minimum absolute atomic E-state index is 0.128. The van der Waals surface area contributed by atoms with Gasteiger partial charge in [-0.1, -0.05) is 18.2 Å². The van der Waals surface area contributed by atoms with Crippen LogP contribution in [0.3, 0.4) is 0 Å². The summed E-state index contributed by atoms with van der Waals surface area (Å²) in [5.74, 6) is -0.305. The maximum absolute atomic E-state index is 12.2. The normalized spacial score (nSPS) is 10.1. The number of aromatic nitrogens is 1. The first-order valence-electron chi connectivity index (χ1n) is 7.08. The first-order chi connectivity index (χ1) is 10.5. The quantitative estimate of drug-likeness (QED) is 0.842. The lowest BCUT2D eigenvalue weighted by atomic mass is 10.1. The molecule has 2 aromatic rings. The van der Waals surface area contributed by atoms with Crippen LogP contribution in [0.5, 0.6) is 0 Å². The number of hydrogen-bond donors (Lipinski definition) is 2. The lowest BCUT2D eigenvalue weighted by Gasteiger charge is -2.10. The predicted molar refractivity (Wildman–Crippen MR) is 84.6 cm³/mol. The highest BCUT2D eigenvalue weighted by atomic mass is 16.2. The van der Waals surface area contributed by atoms with E-state index in [1.165, 1.54) is 0 Å². The van der Waals surface area contributed by atoms with E-state index in [0.717, 1.165) is 16.8 Å². The van der Waals surface area contributed by atoms with Crippen LogP contribution < -0.4 is 15.2 Å². The van der Waals surface area contributed by atoms with E-state index in [2.05, 4.69) is 10.6 Å². The molecule has 0 aliphatic carbocycles. The highest BCUT2D eigenvalue weighted by Crippen LogP contribution is 2.19. The van der Waals surface area contributed by atoms with Crippen LogP contribution in [0, 0.1) is 13.8 Å². The van der Waals surface area contributed by atoms with Crippen molar-refractivity contribution >= 4 is 17.5 Å². The molecule has 1 aromatic carbocycles. The van der Waals surface area contributed by atoms with Crippen molar-refractivity contribution in [3.8, 4) is 0 Å². The Hall–Kier alpha value is -2.69. The summed E-state index contributed by atoms with van der Waals surface area (Å²) in [5, 5.41) is 5.49. The molecule has 0 bridgehead atoms. The second kappa shape index (κ2) is 6.85. The summed E-state index contributed by atoms with van der Waals surface area (Å²) in [4.78, 5) is 23.8. The van der Waals surface area contributed by atoms with E-state index in [-0.39, 0.29) is 18.4 Å². The smallest absolute Gasteiger partial charge is 0.290 e. The van der Waals surface area contributed by atoms with Crippen molar-refractivity contribution < 1.29 is 14.2 Å². The minimum atomic E-state index is -0.176. The number of benzene rings is 1. The van der Waals surface area contributed by atoms with Gasteiger partial charge in [-0.2, -0.15) is 4.57 Å². The van der Waals surface area contributed by atoms with E-state index in [4.69, 9.17) is 0 Å². The molecule has 5 heteroatoms. The summed E-state index contributed by atoms with van der Waals surface area (Å²) in [5.41, 5.74) is 3.41. The van der Waals surface area contributed by atoms with Gasteiger partial charge >= 0.3 is 0 Å². The maximum atomic E-state index is 12.2. The summed E-state index contributed by atoms with van der Waals surface area (Å²) in [6.07, 6.45) is 3.42. The van der Waals surface area contributed by atoms with Crippen molar-refractivity contribution in [2.45, 2.75) is 20.4 Å². The Morgan fingerprint density at radius 2 is 1.77 bits per heavy atom. The second-order valence-corrected chi connectivity index (χ2v) is 5.16. The van der Waals surface area contributed by atoms with E-state index >= 15 is 0 Å². The van der Waals surface area contributed by atoms with E-state index < -0.39 is 0 Å². The van der Waals surface area contributed by atoms with Crippen LogP contribution in [-0.2, 0) is 11.3 Å². The molecule has 2 rings (SSSR count). The molecule has 114 valence electrons. The van der Waals surface area contributed by atoms with Gasteiger partial charge < -0.3 is 10.6 Å². The lowest BCUT2D eigenvalue weighted by molar-refractivity contribution is -0.684. The summed E-state index contributed by atoms with van der Waals surface area (Å²) in [6, 6.07) is 9.33. The first kappa shape index (κ1) is 15.7. The highest BCUT2D eigenvalue weighted by Gasteiger charge is 2.14. The molecule has 1 aromatic heterocycles. The number of para-hydroxylation sites is 1.